The number of amides is 1. The molecule has 0 saturated carbocycles. The molecule has 0 atom stereocenters. The van der Waals surface area contributed by atoms with Crippen LogP contribution in [0, 0.1) is 0 Å². The van der Waals surface area contributed by atoms with Gasteiger partial charge in [0, 0.05) is 0 Å². The van der Waals surface area contributed by atoms with Crippen LogP contribution in [0.25, 0.3) is 0 Å². The molecular formula is C19H22BrNO4. The summed E-state index contributed by atoms with van der Waals surface area (Å²) >= 11 is 3.45. The van der Waals surface area contributed by atoms with E-state index in [0.29, 0.717) is 30.4 Å². The zero-order valence-electron chi connectivity index (χ0n) is 14.4. The normalized spacial score (nSPS) is 10.2. The highest BCUT2D eigenvalue weighted by atomic mass is 79.9. The minimum atomic E-state index is -0.199. The van der Waals surface area contributed by atoms with Gasteiger partial charge in [-0.05, 0) is 52.2 Å². The number of rotatable bonds is 9. The Kier molecular flexibility index (Phi) is 7.60. The summed E-state index contributed by atoms with van der Waals surface area (Å²) in [5.41, 5.74) is 1.21. The maximum atomic E-state index is 11.9. The minimum absolute atomic E-state index is 0.0429. The Morgan fingerprint density at radius 3 is 2.52 bits per heavy atom. The molecule has 0 saturated heterocycles. The van der Waals surface area contributed by atoms with E-state index in [-0.39, 0.29) is 12.5 Å². The second-order valence-corrected chi connectivity index (χ2v) is 6.11. The average Bonchev–Trinajstić information content (AvgIpc) is 2.64. The van der Waals surface area contributed by atoms with Crippen molar-refractivity contribution in [2.45, 2.75) is 13.3 Å². The largest absolute Gasteiger partial charge is 0.493 e. The lowest BCUT2D eigenvalue weighted by Gasteiger charge is -2.12. The summed E-state index contributed by atoms with van der Waals surface area (Å²) in [6.07, 6.45) is 0.950. The fourth-order valence-corrected chi connectivity index (χ4v) is 2.71. The summed E-state index contributed by atoms with van der Waals surface area (Å²) in [6, 6.07) is 13.2. The number of hydrogen-bond acceptors (Lipinski definition) is 4. The Balaban J connectivity index is 1.70. The molecule has 6 heteroatoms. The quantitative estimate of drug-likeness (QED) is 0.645. The molecule has 0 bridgehead atoms. The van der Waals surface area contributed by atoms with E-state index in [0.717, 1.165) is 10.9 Å². The summed E-state index contributed by atoms with van der Waals surface area (Å²) < 4.78 is 17.2. The van der Waals surface area contributed by atoms with E-state index in [4.69, 9.17) is 14.2 Å². The third-order valence-corrected chi connectivity index (χ3v) is 4.13. The highest BCUT2D eigenvalue weighted by molar-refractivity contribution is 9.10. The van der Waals surface area contributed by atoms with Crippen molar-refractivity contribution in [3.05, 3.63) is 52.5 Å². The van der Waals surface area contributed by atoms with Crippen molar-refractivity contribution in [2.75, 3.05) is 26.9 Å². The SMILES string of the molecule is CCc1ccc(OCC(=O)NCCOc2ccccc2OC)c(Br)c1. The fraction of sp³-hybridized carbons (Fsp3) is 0.316. The van der Waals surface area contributed by atoms with Gasteiger partial charge >= 0.3 is 0 Å². The number of hydrogen-bond donors (Lipinski definition) is 1. The number of para-hydroxylation sites is 2. The summed E-state index contributed by atoms with van der Waals surface area (Å²) in [4.78, 5) is 11.9. The smallest absolute Gasteiger partial charge is 0.258 e. The van der Waals surface area contributed by atoms with Gasteiger partial charge in [-0.3, -0.25) is 4.79 Å². The molecule has 5 nitrogen and oxygen atoms in total. The zero-order chi connectivity index (χ0) is 18.1. The summed E-state index contributed by atoms with van der Waals surface area (Å²) in [5, 5.41) is 2.76. The number of benzene rings is 2. The molecule has 0 radical (unpaired) electrons. The van der Waals surface area contributed by atoms with Crippen molar-refractivity contribution in [1.29, 1.82) is 0 Å². The topological polar surface area (TPSA) is 56.8 Å². The molecule has 0 unspecified atom stereocenters. The summed E-state index contributed by atoms with van der Waals surface area (Å²) in [5.74, 6) is 1.76. The van der Waals surface area contributed by atoms with Crippen molar-refractivity contribution in [2.24, 2.45) is 0 Å². The maximum Gasteiger partial charge on any atom is 0.258 e. The maximum absolute atomic E-state index is 11.9. The standard InChI is InChI=1S/C19H22BrNO4/c1-3-14-8-9-16(15(20)12-14)25-13-19(22)21-10-11-24-18-7-5-4-6-17(18)23-2/h4-9,12H,3,10-11,13H2,1-2H3,(H,21,22). The predicted octanol–water partition coefficient (Wildman–Crippen LogP) is 3.59. The number of ether oxygens (including phenoxy) is 3. The van der Waals surface area contributed by atoms with Crippen LogP contribution in [0.3, 0.4) is 0 Å². The minimum Gasteiger partial charge on any atom is -0.493 e. The van der Waals surface area contributed by atoms with Gasteiger partial charge in [-0.1, -0.05) is 25.1 Å². The number of nitrogens with one attached hydrogen (secondary N) is 1. The van der Waals surface area contributed by atoms with Crippen molar-refractivity contribution in [1.82, 2.24) is 5.32 Å². The van der Waals surface area contributed by atoms with Crippen molar-refractivity contribution >= 4 is 21.8 Å². The first-order chi connectivity index (χ1) is 12.1. The van der Waals surface area contributed by atoms with Crippen LogP contribution in [-0.2, 0) is 11.2 Å². The van der Waals surface area contributed by atoms with Crippen LogP contribution in [-0.4, -0.2) is 32.8 Å². The molecule has 2 aromatic rings. The molecule has 0 aliphatic carbocycles. The molecule has 0 heterocycles. The van der Waals surface area contributed by atoms with Crippen LogP contribution in [0.4, 0.5) is 0 Å². The van der Waals surface area contributed by atoms with Gasteiger partial charge < -0.3 is 19.5 Å². The molecule has 0 aromatic heterocycles. The number of halogens is 1. The lowest BCUT2D eigenvalue weighted by molar-refractivity contribution is -0.123. The monoisotopic (exact) mass is 407 g/mol. The third-order valence-electron chi connectivity index (χ3n) is 3.51. The first-order valence-electron chi connectivity index (χ1n) is 8.07. The van der Waals surface area contributed by atoms with Gasteiger partial charge in [0.2, 0.25) is 0 Å². The van der Waals surface area contributed by atoms with Crippen LogP contribution in [0.5, 0.6) is 17.2 Å². The highest BCUT2D eigenvalue weighted by Crippen LogP contribution is 2.26. The predicted molar refractivity (Wildman–Crippen MR) is 101 cm³/mol. The molecule has 134 valence electrons. The van der Waals surface area contributed by atoms with Gasteiger partial charge in [0.25, 0.3) is 5.91 Å². The van der Waals surface area contributed by atoms with Crippen molar-refractivity contribution in [3.63, 3.8) is 0 Å². The molecule has 25 heavy (non-hydrogen) atoms. The second-order valence-electron chi connectivity index (χ2n) is 5.26. The molecule has 0 spiro atoms. The van der Waals surface area contributed by atoms with Gasteiger partial charge in [0.15, 0.2) is 18.1 Å². The first-order valence-corrected chi connectivity index (χ1v) is 8.87. The number of aryl methyl sites for hydroxylation is 1. The van der Waals surface area contributed by atoms with Gasteiger partial charge in [-0.25, -0.2) is 0 Å². The fourth-order valence-electron chi connectivity index (χ4n) is 2.17. The zero-order valence-corrected chi connectivity index (χ0v) is 16.0. The number of carbonyl (C=O) groups excluding carboxylic acids is 1. The van der Waals surface area contributed by atoms with E-state index in [1.807, 2.05) is 42.5 Å². The second kappa shape index (κ2) is 9.93. The molecule has 2 aromatic carbocycles. The molecular weight excluding hydrogens is 386 g/mol. The Labute approximate surface area is 156 Å². The Hall–Kier alpha value is -2.21. The molecule has 0 aliphatic heterocycles. The molecule has 1 N–H and O–H groups in total. The lowest BCUT2D eigenvalue weighted by Crippen LogP contribution is -2.32. The highest BCUT2D eigenvalue weighted by Gasteiger charge is 2.07. The van der Waals surface area contributed by atoms with Crippen LogP contribution in [0.15, 0.2) is 46.9 Å². The Morgan fingerprint density at radius 1 is 1.08 bits per heavy atom. The van der Waals surface area contributed by atoms with E-state index in [1.54, 1.807) is 7.11 Å². The van der Waals surface area contributed by atoms with Crippen LogP contribution in [0.2, 0.25) is 0 Å². The summed E-state index contributed by atoms with van der Waals surface area (Å²) in [6.45, 7) is 2.78. The number of methoxy groups -OCH3 is 1. The molecule has 2 rings (SSSR count). The lowest BCUT2D eigenvalue weighted by atomic mass is 10.2. The average molecular weight is 408 g/mol. The first kappa shape index (κ1) is 19.1. The molecule has 0 fully saturated rings. The molecule has 1 amide bonds. The van der Waals surface area contributed by atoms with E-state index in [1.165, 1.54) is 5.56 Å². The van der Waals surface area contributed by atoms with E-state index >= 15 is 0 Å². The van der Waals surface area contributed by atoms with Gasteiger partial charge in [-0.15, -0.1) is 0 Å². The van der Waals surface area contributed by atoms with Crippen molar-refractivity contribution in [3.8, 4) is 17.2 Å². The van der Waals surface area contributed by atoms with Crippen molar-refractivity contribution < 1.29 is 19.0 Å². The van der Waals surface area contributed by atoms with Gasteiger partial charge in [-0.2, -0.15) is 0 Å². The van der Waals surface area contributed by atoms with E-state index in [9.17, 15) is 4.79 Å². The van der Waals surface area contributed by atoms with Crippen LogP contribution < -0.4 is 19.5 Å². The Bertz CT molecular complexity index is 706. The van der Waals surface area contributed by atoms with Gasteiger partial charge in [0.1, 0.15) is 12.4 Å². The van der Waals surface area contributed by atoms with Gasteiger partial charge in [0.05, 0.1) is 18.1 Å². The van der Waals surface area contributed by atoms with E-state index in [2.05, 4.69) is 28.2 Å². The third kappa shape index (κ3) is 5.98. The number of carbonyl (C=O) groups is 1. The van der Waals surface area contributed by atoms with E-state index < -0.39 is 0 Å². The summed E-state index contributed by atoms with van der Waals surface area (Å²) in [7, 11) is 1.59. The van der Waals surface area contributed by atoms with Crippen LogP contribution >= 0.6 is 15.9 Å². The van der Waals surface area contributed by atoms with Crippen LogP contribution in [0.1, 0.15) is 12.5 Å². The molecule has 0 aliphatic rings. The Morgan fingerprint density at radius 2 is 1.84 bits per heavy atom.